The van der Waals surface area contributed by atoms with Gasteiger partial charge in [-0.2, -0.15) is 0 Å². The quantitative estimate of drug-likeness (QED) is 0.537. The fourth-order valence-electron chi connectivity index (χ4n) is 0.856. The molecule has 0 radical (unpaired) electrons. The molecule has 0 heterocycles. The number of rotatable bonds is 2. The summed E-state index contributed by atoms with van der Waals surface area (Å²) in [5.41, 5.74) is -0.954. The third kappa shape index (κ3) is 2.24. The zero-order valence-electron chi connectivity index (χ0n) is 6.31. The van der Waals surface area contributed by atoms with E-state index in [2.05, 4.69) is 0 Å². The van der Waals surface area contributed by atoms with Crippen molar-refractivity contribution in [2.75, 3.05) is 0 Å². The van der Waals surface area contributed by atoms with Crippen molar-refractivity contribution in [3.05, 3.63) is 28.8 Å². The van der Waals surface area contributed by atoms with Gasteiger partial charge in [0.25, 0.3) is 0 Å². The van der Waals surface area contributed by atoms with Crippen LogP contribution in [-0.4, -0.2) is 13.3 Å². The summed E-state index contributed by atoms with van der Waals surface area (Å²) in [5.74, 6) is 0. The minimum Gasteiger partial charge on any atom is -0.445 e. The Morgan fingerprint density at radius 1 is 1.31 bits per heavy atom. The maximum atomic E-state index is 12.1. The molecular formula is C7H4BClF3O-. The molecule has 0 aliphatic heterocycles. The number of hydrogen-bond acceptors (Lipinski definition) is 1. The predicted octanol–water partition coefficient (Wildman–Crippen LogP) is 2.21. The van der Waals surface area contributed by atoms with Gasteiger partial charge in [-0.1, -0.05) is 23.7 Å². The second-order valence-corrected chi connectivity index (χ2v) is 2.88. The second-order valence-electron chi connectivity index (χ2n) is 2.47. The molecule has 70 valence electrons. The first kappa shape index (κ1) is 10.1. The van der Waals surface area contributed by atoms with Gasteiger partial charge in [0, 0.05) is 5.56 Å². The van der Waals surface area contributed by atoms with Gasteiger partial charge in [-0.15, -0.1) is 5.46 Å². The molecule has 0 N–H and O–H groups in total. The summed E-state index contributed by atoms with van der Waals surface area (Å²) in [6.07, 6.45) is 0.299. The topological polar surface area (TPSA) is 17.1 Å². The lowest BCUT2D eigenvalue weighted by Crippen LogP contribution is -2.34. The number of aldehydes is 1. The summed E-state index contributed by atoms with van der Waals surface area (Å²) in [4.78, 5) is 10.3. The molecule has 1 aromatic carbocycles. The largest absolute Gasteiger partial charge is 0.509 e. The van der Waals surface area contributed by atoms with Crippen LogP contribution in [0, 0.1) is 0 Å². The molecule has 0 unspecified atom stereocenters. The van der Waals surface area contributed by atoms with Crippen molar-refractivity contribution in [3.8, 4) is 0 Å². The first-order valence-corrected chi connectivity index (χ1v) is 3.77. The van der Waals surface area contributed by atoms with Crippen LogP contribution < -0.4 is 5.46 Å². The number of carbonyl (C=O) groups excluding carboxylic acids is 1. The molecule has 6 heteroatoms. The smallest absolute Gasteiger partial charge is 0.445 e. The van der Waals surface area contributed by atoms with Gasteiger partial charge in [-0.3, -0.25) is 4.79 Å². The van der Waals surface area contributed by atoms with Gasteiger partial charge in [0.15, 0.2) is 6.29 Å². The van der Waals surface area contributed by atoms with Gasteiger partial charge in [0.1, 0.15) is 0 Å². The Kier molecular flexibility index (Phi) is 2.66. The van der Waals surface area contributed by atoms with Crippen molar-refractivity contribution in [1.82, 2.24) is 0 Å². The highest BCUT2D eigenvalue weighted by atomic mass is 35.5. The Morgan fingerprint density at radius 2 is 1.92 bits per heavy atom. The van der Waals surface area contributed by atoms with Gasteiger partial charge in [0.05, 0.1) is 5.02 Å². The van der Waals surface area contributed by atoms with Gasteiger partial charge >= 0.3 is 6.98 Å². The highest BCUT2D eigenvalue weighted by molar-refractivity contribution is 6.73. The highest BCUT2D eigenvalue weighted by Crippen LogP contribution is 2.15. The Balaban J connectivity index is 3.21. The van der Waals surface area contributed by atoms with Gasteiger partial charge < -0.3 is 12.9 Å². The molecule has 0 fully saturated rings. The monoisotopic (exact) mass is 207 g/mol. The third-order valence-corrected chi connectivity index (χ3v) is 1.87. The number of benzene rings is 1. The molecule has 0 aliphatic rings. The minimum absolute atomic E-state index is 0.0267. The van der Waals surface area contributed by atoms with Crippen LogP contribution in [0.5, 0.6) is 0 Å². The molecule has 1 rings (SSSR count). The average Bonchev–Trinajstić information content (AvgIpc) is 2.03. The zero-order valence-corrected chi connectivity index (χ0v) is 7.06. The first-order valence-electron chi connectivity index (χ1n) is 3.39. The van der Waals surface area contributed by atoms with E-state index in [1.807, 2.05) is 0 Å². The molecule has 0 atom stereocenters. The number of carbonyl (C=O) groups is 1. The van der Waals surface area contributed by atoms with E-state index in [1.54, 1.807) is 0 Å². The van der Waals surface area contributed by atoms with Crippen molar-refractivity contribution in [2.24, 2.45) is 0 Å². The van der Waals surface area contributed by atoms with Crippen LogP contribution in [0.3, 0.4) is 0 Å². The van der Waals surface area contributed by atoms with Crippen molar-refractivity contribution in [3.63, 3.8) is 0 Å². The van der Waals surface area contributed by atoms with Crippen molar-refractivity contribution < 1.29 is 17.7 Å². The van der Waals surface area contributed by atoms with E-state index in [4.69, 9.17) is 11.6 Å². The molecule has 0 aliphatic carbocycles. The van der Waals surface area contributed by atoms with Crippen molar-refractivity contribution >= 4 is 30.3 Å². The Labute approximate surface area is 77.6 Å². The maximum Gasteiger partial charge on any atom is 0.509 e. The van der Waals surface area contributed by atoms with E-state index in [0.717, 1.165) is 18.2 Å². The van der Waals surface area contributed by atoms with Gasteiger partial charge in [-0.25, -0.2) is 0 Å². The van der Waals surface area contributed by atoms with Crippen LogP contribution >= 0.6 is 11.6 Å². The summed E-state index contributed by atoms with van der Waals surface area (Å²) >= 11 is 5.45. The highest BCUT2D eigenvalue weighted by Gasteiger charge is 2.25. The van der Waals surface area contributed by atoms with Crippen LogP contribution in [0.25, 0.3) is 0 Å². The normalized spacial score (nSPS) is 11.4. The van der Waals surface area contributed by atoms with E-state index >= 15 is 0 Å². The summed E-state index contributed by atoms with van der Waals surface area (Å²) in [5, 5.41) is 0.0267. The summed E-state index contributed by atoms with van der Waals surface area (Å²) < 4.78 is 36.4. The summed E-state index contributed by atoms with van der Waals surface area (Å²) in [6, 6.07) is 2.67. The molecule has 0 saturated carbocycles. The first-order chi connectivity index (χ1) is 5.95. The fourth-order valence-corrected chi connectivity index (χ4v) is 1.02. The van der Waals surface area contributed by atoms with Crippen molar-refractivity contribution in [2.45, 2.75) is 0 Å². The average molecular weight is 207 g/mol. The fraction of sp³-hybridized carbons (Fsp3) is 0. The lowest BCUT2D eigenvalue weighted by molar-refractivity contribution is 0.112. The minimum atomic E-state index is -5.06. The van der Waals surface area contributed by atoms with E-state index in [0.29, 0.717) is 6.29 Å². The lowest BCUT2D eigenvalue weighted by atomic mass is 9.79. The SMILES string of the molecule is O=Cc1cc([B-](F)(F)F)ccc1Cl. The van der Waals surface area contributed by atoms with E-state index < -0.39 is 12.4 Å². The molecule has 13 heavy (non-hydrogen) atoms. The second kappa shape index (κ2) is 3.42. The van der Waals surface area contributed by atoms with E-state index in [9.17, 15) is 17.7 Å². The molecular weight excluding hydrogens is 203 g/mol. The summed E-state index contributed by atoms with van der Waals surface area (Å²) in [6.45, 7) is -5.06. The lowest BCUT2D eigenvalue weighted by Gasteiger charge is -2.15. The van der Waals surface area contributed by atoms with Gasteiger partial charge in [0.2, 0.25) is 0 Å². The van der Waals surface area contributed by atoms with Crippen molar-refractivity contribution in [1.29, 1.82) is 0 Å². The van der Waals surface area contributed by atoms with Crippen LogP contribution in [-0.2, 0) is 0 Å². The molecule has 1 nitrogen and oxygen atoms in total. The maximum absolute atomic E-state index is 12.1. The Hall–Kier alpha value is -0.965. The summed E-state index contributed by atoms with van der Waals surface area (Å²) in [7, 11) is 0. The zero-order chi connectivity index (χ0) is 10.1. The van der Waals surface area contributed by atoms with Crippen LogP contribution in [0.4, 0.5) is 12.9 Å². The number of hydrogen-bond donors (Lipinski definition) is 0. The van der Waals surface area contributed by atoms with Crippen LogP contribution in [0.1, 0.15) is 10.4 Å². The predicted molar refractivity (Wildman–Crippen MR) is 45.6 cm³/mol. The van der Waals surface area contributed by atoms with E-state index in [-0.39, 0.29) is 10.6 Å². The number of halogens is 4. The molecule has 0 amide bonds. The molecule has 1 aromatic rings. The molecule has 0 spiro atoms. The third-order valence-electron chi connectivity index (χ3n) is 1.52. The molecule has 0 bridgehead atoms. The van der Waals surface area contributed by atoms with E-state index in [1.165, 1.54) is 0 Å². The Bertz CT molecular complexity index is 337. The molecule has 0 aromatic heterocycles. The Morgan fingerprint density at radius 3 is 2.38 bits per heavy atom. The van der Waals surface area contributed by atoms with Crippen LogP contribution in [0.2, 0.25) is 5.02 Å². The van der Waals surface area contributed by atoms with Gasteiger partial charge in [-0.05, 0) is 6.07 Å². The van der Waals surface area contributed by atoms with Crippen LogP contribution in [0.15, 0.2) is 18.2 Å². The molecule has 0 saturated heterocycles. The standard InChI is InChI=1S/C7H4BClF3O/c9-7-2-1-6(8(10,11)12)3-5(7)4-13/h1-4H/q-1.